The number of halogens is 2. The average Bonchev–Trinajstić information content (AvgIpc) is 2.34. The van der Waals surface area contributed by atoms with Gasteiger partial charge in [0.05, 0.1) is 4.47 Å². The highest BCUT2D eigenvalue weighted by Crippen LogP contribution is 2.33. The molecule has 0 fully saturated rings. The van der Waals surface area contributed by atoms with Crippen LogP contribution in [0.4, 0.5) is 0 Å². The maximum Gasteiger partial charge on any atom is 0.339 e. The number of aryl methyl sites for hydroxylation is 1. The molecule has 0 aliphatic heterocycles. The lowest BCUT2D eigenvalue weighted by Crippen LogP contribution is -2.00. The van der Waals surface area contributed by atoms with Gasteiger partial charge in [0.25, 0.3) is 0 Å². The fraction of sp³-hybridized carbons (Fsp3) is 0.0714. The summed E-state index contributed by atoms with van der Waals surface area (Å²) in [4.78, 5) is 11.2. The van der Waals surface area contributed by atoms with E-state index in [1.165, 1.54) is 0 Å². The largest absolute Gasteiger partial charge is 0.478 e. The fourth-order valence-electron chi connectivity index (χ4n) is 1.58. The van der Waals surface area contributed by atoms with E-state index in [9.17, 15) is 9.90 Å². The predicted octanol–water partition coefficient (Wildman–Crippen LogP) is 5.01. The number of hydrogen-bond donors (Lipinski definition) is 1. The van der Waals surface area contributed by atoms with Crippen molar-refractivity contribution in [3.05, 3.63) is 56.5 Å². The molecule has 5 heteroatoms. The molecular formula is C14H10Br2O3. The van der Waals surface area contributed by atoms with Crippen LogP contribution < -0.4 is 4.74 Å². The molecule has 0 spiro atoms. The average molecular weight is 386 g/mol. The summed E-state index contributed by atoms with van der Waals surface area (Å²) < 4.78 is 7.32. The van der Waals surface area contributed by atoms with Crippen LogP contribution in [0.15, 0.2) is 45.3 Å². The Morgan fingerprint density at radius 3 is 2.42 bits per heavy atom. The minimum atomic E-state index is -1.01. The molecule has 0 heterocycles. The van der Waals surface area contributed by atoms with Gasteiger partial charge < -0.3 is 9.84 Å². The molecule has 0 aliphatic carbocycles. The zero-order valence-corrected chi connectivity index (χ0v) is 13.2. The Kier molecular flexibility index (Phi) is 4.27. The van der Waals surface area contributed by atoms with E-state index in [0.717, 1.165) is 14.5 Å². The molecule has 0 atom stereocenters. The van der Waals surface area contributed by atoms with Gasteiger partial charge in [0.2, 0.25) is 0 Å². The molecule has 0 aliphatic rings. The van der Waals surface area contributed by atoms with Gasteiger partial charge in [0.15, 0.2) is 0 Å². The Morgan fingerprint density at radius 2 is 1.79 bits per heavy atom. The number of aromatic carboxylic acids is 1. The zero-order chi connectivity index (χ0) is 14.0. The molecule has 3 nitrogen and oxygen atoms in total. The summed E-state index contributed by atoms with van der Waals surface area (Å²) in [5.41, 5.74) is 1.02. The summed E-state index contributed by atoms with van der Waals surface area (Å²) in [5.74, 6) is -0.123. The molecule has 0 saturated heterocycles. The summed E-state index contributed by atoms with van der Waals surface area (Å²) in [6.45, 7) is 1.84. The van der Waals surface area contributed by atoms with E-state index in [1.54, 1.807) is 18.2 Å². The topological polar surface area (TPSA) is 46.5 Å². The van der Waals surface area contributed by atoms with Gasteiger partial charge in [0, 0.05) is 4.47 Å². The van der Waals surface area contributed by atoms with Crippen LogP contribution in [0.25, 0.3) is 0 Å². The molecule has 0 bridgehead atoms. The normalized spacial score (nSPS) is 10.3. The first-order valence-corrected chi connectivity index (χ1v) is 7.03. The van der Waals surface area contributed by atoms with E-state index >= 15 is 0 Å². The molecule has 0 aromatic heterocycles. The van der Waals surface area contributed by atoms with Gasteiger partial charge in [-0.05, 0) is 53.2 Å². The highest BCUT2D eigenvalue weighted by molar-refractivity contribution is 9.11. The van der Waals surface area contributed by atoms with Gasteiger partial charge >= 0.3 is 5.97 Å². The molecule has 0 unspecified atom stereocenters. The summed E-state index contributed by atoms with van der Waals surface area (Å²) >= 11 is 6.73. The summed E-state index contributed by atoms with van der Waals surface area (Å²) in [7, 11) is 0. The third-order valence-electron chi connectivity index (χ3n) is 2.48. The van der Waals surface area contributed by atoms with Gasteiger partial charge in [-0.2, -0.15) is 0 Å². The van der Waals surface area contributed by atoms with Crippen LogP contribution >= 0.6 is 31.9 Å². The molecule has 1 N–H and O–H groups in total. The number of benzene rings is 2. The Bertz CT molecular complexity index is 639. The van der Waals surface area contributed by atoms with Gasteiger partial charge in [-0.3, -0.25) is 0 Å². The smallest absolute Gasteiger partial charge is 0.339 e. The molecule has 98 valence electrons. The second kappa shape index (κ2) is 5.75. The molecule has 0 saturated carbocycles. The molecule has 19 heavy (non-hydrogen) atoms. The van der Waals surface area contributed by atoms with Gasteiger partial charge in [-0.25, -0.2) is 4.79 Å². The van der Waals surface area contributed by atoms with E-state index in [4.69, 9.17) is 4.74 Å². The van der Waals surface area contributed by atoms with Gasteiger partial charge in [-0.15, -0.1) is 0 Å². The van der Waals surface area contributed by atoms with Crippen molar-refractivity contribution in [2.45, 2.75) is 6.92 Å². The number of carboxylic acid groups (broad SMARTS) is 1. The van der Waals surface area contributed by atoms with E-state index in [1.807, 2.05) is 25.1 Å². The molecule has 0 radical (unpaired) electrons. The molecule has 0 amide bonds. The van der Waals surface area contributed by atoms with Crippen molar-refractivity contribution in [3.8, 4) is 11.5 Å². The number of hydrogen-bond acceptors (Lipinski definition) is 2. The second-order valence-corrected chi connectivity index (χ2v) is 5.75. The van der Waals surface area contributed by atoms with Gasteiger partial charge in [0.1, 0.15) is 17.1 Å². The van der Waals surface area contributed by atoms with Crippen molar-refractivity contribution >= 4 is 37.8 Å². The Hall–Kier alpha value is -1.33. The third-order valence-corrected chi connectivity index (χ3v) is 3.59. The maximum atomic E-state index is 11.2. The van der Waals surface area contributed by atoms with E-state index < -0.39 is 5.97 Å². The Morgan fingerprint density at radius 1 is 1.11 bits per heavy atom. The quantitative estimate of drug-likeness (QED) is 0.807. The highest BCUT2D eigenvalue weighted by atomic mass is 79.9. The van der Waals surface area contributed by atoms with Crippen molar-refractivity contribution in [2.75, 3.05) is 0 Å². The number of carbonyl (C=O) groups is 1. The SMILES string of the molecule is Cc1ccc(Oc2ccc(Br)cc2Br)c(C(=O)O)c1. The minimum Gasteiger partial charge on any atom is -0.478 e. The highest BCUT2D eigenvalue weighted by Gasteiger charge is 2.13. The minimum absolute atomic E-state index is 0.148. The van der Waals surface area contributed by atoms with E-state index in [2.05, 4.69) is 31.9 Å². The standard InChI is InChI=1S/C14H10Br2O3/c1-8-2-4-12(10(6-8)14(17)18)19-13-5-3-9(15)7-11(13)16/h2-7H,1H3,(H,17,18). The summed E-state index contributed by atoms with van der Waals surface area (Å²) in [5, 5.41) is 9.18. The molecular weight excluding hydrogens is 376 g/mol. The van der Waals surface area contributed by atoms with Crippen LogP contribution in [0, 0.1) is 6.92 Å². The first-order chi connectivity index (χ1) is 8.97. The van der Waals surface area contributed by atoms with Crippen LogP contribution in [-0.2, 0) is 0 Å². The lowest BCUT2D eigenvalue weighted by Gasteiger charge is -2.11. The van der Waals surface area contributed by atoms with E-state index in [0.29, 0.717) is 11.5 Å². The summed E-state index contributed by atoms with van der Waals surface area (Å²) in [6.07, 6.45) is 0. The summed E-state index contributed by atoms with van der Waals surface area (Å²) in [6, 6.07) is 10.5. The van der Waals surface area contributed by atoms with Crippen molar-refractivity contribution in [2.24, 2.45) is 0 Å². The zero-order valence-electron chi connectivity index (χ0n) is 9.98. The van der Waals surface area contributed by atoms with Gasteiger partial charge in [-0.1, -0.05) is 27.6 Å². The lowest BCUT2D eigenvalue weighted by atomic mass is 10.1. The number of rotatable bonds is 3. The number of ether oxygens (including phenoxy) is 1. The van der Waals surface area contributed by atoms with Crippen LogP contribution in [0.1, 0.15) is 15.9 Å². The van der Waals surface area contributed by atoms with Crippen LogP contribution in [0.3, 0.4) is 0 Å². The molecule has 2 aromatic carbocycles. The second-order valence-electron chi connectivity index (χ2n) is 3.98. The van der Waals surface area contributed by atoms with Crippen LogP contribution in [0.5, 0.6) is 11.5 Å². The van der Waals surface area contributed by atoms with Crippen LogP contribution in [0.2, 0.25) is 0 Å². The van der Waals surface area contributed by atoms with Crippen molar-refractivity contribution < 1.29 is 14.6 Å². The third kappa shape index (κ3) is 3.36. The lowest BCUT2D eigenvalue weighted by molar-refractivity contribution is 0.0694. The van der Waals surface area contributed by atoms with Crippen LogP contribution in [-0.4, -0.2) is 11.1 Å². The van der Waals surface area contributed by atoms with Crippen molar-refractivity contribution in [1.82, 2.24) is 0 Å². The van der Waals surface area contributed by atoms with E-state index in [-0.39, 0.29) is 5.56 Å². The molecule has 2 aromatic rings. The first-order valence-electron chi connectivity index (χ1n) is 5.44. The fourth-order valence-corrected chi connectivity index (χ4v) is 2.70. The predicted molar refractivity (Wildman–Crippen MR) is 80.1 cm³/mol. The van der Waals surface area contributed by atoms with Crippen molar-refractivity contribution in [1.29, 1.82) is 0 Å². The Labute approximate surface area is 127 Å². The molecule has 2 rings (SSSR count). The number of carboxylic acids is 1. The Balaban J connectivity index is 2.40. The maximum absolute atomic E-state index is 11.2. The first kappa shape index (κ1) is 14.1. The monoisotopic (exact) mass is 384 g/mol. The van der Waals surface area contributed by atoms with Crippen molar-refractivity contribution in [3.63, 3.8) is 0 Å².